The van der Waals surface area contributed by atoms with Crippen molar-refractivity contribution in [3.05, 3.63) is 0 Å². The zero-order chi connectivity index (χ0) is 15.9. The number of carbonyl (C=O) groups is 2. The van der Waals surface area contributed by atoms with E-state index in [4.69, 9.17) is 0 Å². The Morgan fingerprint density at radius 1 is 1.00 bits per heavy atom. The average Bonchev–Trinajstić information content (AvgIpc) is 2.64. The first-order valence-corrected chi connectivity index (χ1v) is 7.99. The molecule has 1 rings (SSSR count). The third-order valence-corrected chi connectivity index (χ3v) is 4.53. The van der Waals surface area contributed by atoms with Gasteiger partial charge in [0.25, 0.3) is 0 Å². The highest BCUT2D eigenvalue weighted by Crippen LogP contribution is 2.38. The van der Waals surface area contributed by atoms with Gasteiger partial charge in [0.1, 0.15) is 0 Å². The first kappa shape index (κ1) is 18.0. The third kappa shape index (κ3) is 5.65. The third-order valence-electron chi connectivity index (χ3n) is 4.53. The van der Waals surface area contributed by atoms with Crippen LogP contribution in [-0.2, 0) is 9.59 Å². The van der Waals surface area contributed by atoms with Crippen molar-refractivity contribution in [3.63, 3.8) is 0 Å². The number of carboxylic acid groups (broad SMARTS) is 1. The maximum Gasteiger partial charge on any atom is 0.310 e. The molecule has 0 bridgehead atoms. The molecule has 0 aromatic heterocycles. The number of rotatable bonds is 7. The van der Waals surface area contributed by atoms with Crippen molar-refractivity contribution in [2.45, 2.75) is 51.4 Å². The zero-order valence-corrected chi connectivity index (χ0v) is 13.7. The van der Waals surface area contributed by atoms with Gasteiger partial charge in [0.05, 0.1) is 5.41 Å². The van der Waals surface area contributed by atoms with Crippen molar-refractivity contribution in [2.75, 3.05) is 34.2 Å². The van der Waals surface area contributed by atoms with Crippen LogP contribution in [-0.4, -0.2) is 61.0 Å². The van der Waals surface area contributed by atoms with Crippen molar-refractivity contribution in [3.8, 4) is 0 Å². The number of hydrogen-bond donors (Lipinski definition) is 1. The molecule has 0 aromatic carbocycles. The van der Waals surface area contributed by atoms with Gasteiger partial charge >= 0.3 is 5.97 Å². The Balaban J connectivity index is 2.57. The molecule has 122 valence electrons. The summed E-state index contributed by atoms with van der Waals surface area (Å²) in [4.78, 5) is 27.9. The summed E-state index contributed by atoms with van der Waals surface area (Å²) in [5.41, 5.74) is -0.830. The van der Waals surface area contributed by atoms with Gasteiger partial charge in [0.15, 0.2) is 0 Å². The molecule has 5 nitrogen and oxygen atoms in total. The highest BCUT2D eigenvalue weighted by atomic mass is 16.4. The summed E-state index contributed by atoms with van der Waals surface area (Å²) < 4.78 is 0. The van der Waals surface area contributed by atoms with Gasteiger partial charge in [-0.05, 0) is 39.9 Å². The number of carbonyl (C=O) groups excluding carboxylic acids is 1. The number of amides is 1. The molecule has 0 heterocycles. The Labute approximate surface area is 128 Å². The molecule has 0 atom stereocenters. The predicted molar refractivity (Wildman–Crippen MR) is 83.2 cm³/mol. The molecule has 1 aliphatic rings. The number of hydrogen-bond acceptors (Lipinski definition) is 3. The van der Waals surface area contributed by atoms with Gasteiger partial charge in [-0.1, -0.05) is 25.7 Å². The van der Waals surface area contributed by atoms with Crippen LogP contribution in [0, 0.1) is 5.41 Å². The smallest absolute Gasteiger partial charge is 0.310 e. The van der Waals surface area contributed by atoms with E-state index in [0.717, 1.165) is 38.6 Å². The molecule has 1 amide bonds. The van der Waals surface area contributed by atoms with Crippen LogP contribution in [0.15, 0.2) is 0 Å². The van der Waals surface area contributed by atoms with E-state index in [2.05, 4.69) is 4.90 Å². The maximum atomic E-state index is 12.4. The lowest BCUT2D eigenvalue weighted by atomic mass is 9.77. The van der Waals surface area contributed by atoms with Crippen LogP contribution < -0.4 is 0 Å². The van der Waals surface area contributed by atoms with Crippen molar-refractivity contribution in [1.29, 1.82) is 0 Å². The van der Waals surface area contributed by atoms with Crippen LogP contribution in [0.1, 0.15) is 51.4 Å². The number of nitrogens with zero attached hydrogens (tertiary/aromatic N) is 2. The lowest BCUT2D eigenvalue weighted by Gasteiger charge is -2.29. The van der Waals surface area contributed by atoms with Crippen molar-refractivity contribution >= 4 is 11.9 Å². The highest BCUT2D eigenvalue weighted by molar-refractivity contribution is 5.84. The lowest BCUT2D eigenvalue weighted by molar-refractivity contribution is -0.154. The average molecular weight is 298 g/mol. The Hall–Kier alpha value is -1.10. The van der Waals surface area contributed by atoms with Crippen LogP contribution in [0.5, 0.6) is 0 Å². The van der Waals surface area contributed by atoms with Gasteiger partial charge in [-0.3, -0.25) is 9.59 Å². The highest BCUT2D eigenvalue weighted by Gasteiger charge is 2.41. The van der Waals surface area contributed by atoms with Gasteiger partial charge in [0, 0.05) is 20.0 Å². The largest absolute Gasteiger partial charge is 0.481 e. The lowest BCUT2D eigenvalue weighted by Crippen LogP contribution is -2.39. The Morgan fingerprint density at radius 3 is 2.05 bits per heavy atom. The van der Waals surface area contributed by atoms with Crippen LogP contribution in [0.25, 0.3) is 0 Å². The monoisotopic (exact) mass is 298 g/mol. The molecule has 5 heteroatoms. The summed E-state index contributed by atoms with van der Waals surface area (Å²) >= 11 is 0. The van der Waals surface area contributed by atoms with Crippen LogP contribution >= 0.6 is 0 Å². The predicted octanol–water partition coefficient (Wildman–Crippen LogP) is 2.21. The molecular formula is C16H30N2O3. The quantitative estimate of drug-likeness (QED) is 0.732. The van der Waals surface area contributed by atoms with E-state index in [1.54, 1.807) is 11.9 Å². The van der Waals surface area contributed by atoms with Crippen LogP contribution in [0.4, 0.5) is 0 Å². The second-order valence-electron chi connectivity index (χ2n) is 6.65. The maximum absolute atomic E-state index is 12.4. The minimum Gasteiger partial charge on any atom is -0.481 e. The molecule has 0 aliphatic heterocycles. The summed E-state index contributed by atoms with van der Waals surface area (Å²) in [6, 6.07) is 0. The topological polar surface area (TPSA) is 60.9 Å². The molecule has 0 unspecified atom stereocenters. The standard InChI is InChI=1S/C16H30N2O3/c1-17(2)11-8-12-18(3)14(19)13-16(15(20)21)9-6-4-5-7-10-16/h4-13H2,1-3H3,(H,20,21). The van der Waals surface area contributed by atoms with E-state index in [0.29, 0.717) is 19.4 Å². The molecule has 21 heavy (non-hydrogen) atoms. The molecule has 0 spiro atoms. The fraction of sp³-hybridized carbons (Fsp3) is 0.875. The van der Waals surface area contributed by atoms with Crippen molar-refractivity contribution < 1.29 is 14.7 Å². The second-order valence-corrected chi connectivity index (χ2v) is 6.65. The molecule has 0 saturated heterocycles. The first-order chi connectivity index (χ1) is 9.87. The van der Waals surface area contributed by atoms with Gasteiger partial charge in [-0.15, -0.1) is 0 Å². The van der Waals surface area contributed by atoms with Crippen LogP contribution in [0.2, 0.25) is 0 Å². The molecule has 0 aromatic rings. The summed E-state index contributed by atoms with van der Waals surface area (Å²) in [7, 11) is 5.80. The van der Waals surface area contributed by atoms with Crippen molar-refractivity contribution in [1.82, 2.24) is 9.80 Å². The Morgan fingerprint density at radius 2 is 1.57 bits per heavy atom. The van der Waals surface area contributed by atoms with E-state index in [1.165, 1.54) is 0 Å². The number of aliphatic carboxylic acids is 1. The van der Waals surface area contributed by atoms with Gasteiger partial charge < -0.3 is 14.9 Å². The summed E-state index contributed by atoms with van der Waals surface area (Å²) in [6.07, 6.45) is 6.35. The van der Waals surface area contributed by atoms with Gasteiger partial charge in [-0.2, -0.15) is 0 Å². The minimum absolute atomic E-state index is 0.0296. The van der Waals surface area contributed by atoms with E-state index < -0.39 is 11.4 Å². The van der Waals surface area contributed by atoms with Crippen molar-refractivity contribution in [2.24, 2.45) is 5.41 Å². The van der Waals surface area contributed by atoms with E-state index >= 15 is 0 Å². The fourth-order valence-electron chi connectivity index (χ4n) is 3.04. The second kappa shape index (κ2) is 8.37. The molecule has 0 radical (unpaired) electrons. The van der Waals surface area contributed by atoms with E-state index in [-0.39, 0.29) is 12.3 Å². The molecule has 1 N–H and O–H groups in total. The minimum atomic E-state index is -0.830. The summed E-state index contributed by atoms with van der Waals surface area (Å²) in [5.74, 6) is -0.822. The SMILES string of the molecule is CN(C)CCCN(C)C(=O)CC1(C(=O)O)CCCCCC1. The van der Waals surface area contributed by atoms with E-state index in [9.17, 15) is 14.7 Å². The van der Waals surface area contributed by atoms with Gasteiger partial charge in [0.2, 0.25) is 5.91 Å². The van der Waals surface area contributed by atoms with E-state index in [1.807, 2.05) is 14.1 Å². The summed E-state index contributed by atoms with van der Waals surface area (Å²) in [5, 5.41) is 9.62. The fourth-order valence-corrected chi connectivity index (χ4v) is 3.04. The Bertz CT molecular complexity index is 347. The van der Waals surface area contributed by atoms with Crippen LogP contribution in [0.3, 0.4) is 0 Å². The molecular weight excluding hydrogens is 268 g/mol. The summed E-state index contributed by atoms with van der Waals surface area (Å²) in [6.45, 7) is 1.62. The normalized spacial score (nSPS) is 18.3. The molecule has 1 saturated carbocycles. The zero-order valence-electron chi connectivity index (χ0n) is 13.7. The van der Waals surface area contributed by atoms with Gasteiger partial charge in [-0.25, -0.2) is 0 Å². The first-order valence-electron chi connectivity index (χ1n) is 7.99. The molecule has 1 aliphatic carbocycles. The number of carboxylic acids is 1. The Kier molecular flexibility index (Phi) is 7.15. The molecule has 1 fully saturated rings.